The quantitative estimate of drug-likeness (QED) is 0.346. The Morgan fingerprint density at radius 2 is 1.61 bits per heavy atom. The Labute approximate surface area is 200 Å². The van der Waals surface area contributed by atoms with Crippen molar-refractivity contribution in [3.05, 3.63) is 76.6 Å². The summed E-state index contributed by atoms with van der Waals surface area (Å²) >= 11 is 5.98. The molecule has 1 N–H and O–H groups in total. The van der Waals surface area contributed by atoms with Crippen molar-refractivity contribution in [2.24, 2.45) is 5.41 Å². The molecule has 0 saturated carbocycles. The standard InChI is InChI=1S/C24H29ClO6P2/c1-23(2)15-29-32(26,30-16-23)13-21-17-9-5-7-11-19(17)22(20-12-8-6-10-18(20)21)33(27,28)31-24(3,4)14-25/h5-13,22H,14-16H2,1-4H3,(H,27,28). The first kappa shape index (κ1) is 24.9. The fourth-order valence-electron chi connectivity index (χ4n) is 4.04. The molecule has 1 saturated heterocycles. The lowest BCUT2D eigenvalue weighted by atomic mass is 9.82. The van der Waals surface area contributed by atoms with E-state index in [0.29, 0.717) is 41.0 Å². The molecule has 9 heteroatoms. The van der Waals surface area contributed by atoms with E-state index >= 15 is 0 Å². The van der Waals surface area contributed by atoms with E-state index in [4.69, 9.17) is 25.2 Å². The van der Waals surface area contributed by atoms with Gasteiger partial charge in [-0.25, -0.2) is 0 Å². The fourth-order valence-corrected chi connectivity index (χ4v) is 8.08. The molecular weight excluding hydrogens is 482 g/mol. The minimum Gasteiger partial charge on any atom is -0.324 e. The molecule has 0 amide bonds. The van der Waals surface area contributed by atoms with Crippen LogP contribution in [0.5, 0.6) is 0 Å². The van der Waals surface area contributed by atoms with Crippen molar-refractivity contribution in [3.8, 4) is 0 Å². The van der Waals surface area contributed by atoms with Crippen LogP contribution in [0.4, 0.5) is 0 Å². The average Bonchev–Trinajstić information content (AvgIpc) is 2.75. The van der Waals surface area contributed by atoms with Crippen LogP contribution in [0.15, 0.2) is 54.3 Å². The average molecular weight is 511 g/mol. The molecule has 1 aliphatic carbocycles. The van der Waals surface area contributed by atoms with Crippen molar-refractivity contribution in [3.63, 3.8) is 0 Å². The second kappa shape index (κ2) is 8.77. The third kappa shape index (κ3) is 5.09. The number of hydrogen-bond donors (Lipinski definition) is 1. The van der Waals surface area contributed by atoms with E-state index < -0.39 is 26.5 Å². The van der Waals surface area contributed by atoms with Gasteiger partial charge in [0.2, 0.25) is 0 Å². The summed E-state index contributed by atoms with van der Waals surface area (Å²) in [5.41, 5.74) is 1.12. The van der Waals surface area contributed by atoms with Crippen LogP contribution in [0.25, 0.3) is 5.57 Å². The van der Waals surface area contributed by atoms with Gasteiger partial charge in [0.15, 0.2) is 0 Å². The van der Waals surface area contributed by atoms with Crippen molar-refractivity contribution in [1.29, 1.82) is 0 Å². The lowest BCUT2D eigenvalue weighted by Crippen LogP contribution is -2.29. The molecule has 0 bridgehead atoms. The SMILES string of the molecule is CC1(C)COP(=O)(C=C2c3ccccc3C(P(=O)(O)OC(C)(C)CCl)c3ccccc32)OC1. The Kier molecular flexibility index (Phi) is 6.61. The Bertz CT molecular complexity index is 1130. The van der Waals surface area contributed by atoms with Gasteiger partial charge >= 0.3 is 15.2 Å². The van der Waals surface area contributed by atoms with Crippen molar-refractivity contribution in [1.82, 2.24) is 0 Å². The number of benzene rings is 2. The summed E-state index contributed by atoms with van der Waals surface area (Å²) in [5, 5.41) is 0. The zero-order valence-corrected chi connectivity index (χ0v) is 21.7. The topological polar surface area (TPSA) is 82.1 Å². The highest BCUT2D eigenvalue weighted by Gasteiger charge is 2.45. The first-order valence-corrected chi connectivity index (χ1v) is 14.6. The summed E-state index contributed by atoms with van der Waals surface area (Å²) in [6.45, 7) is 7.96. The first-order chi connectivity index (χ1) is 15.4. The molecule has 33 heavy (non-hydrogen) atoms. The van der Waals surface area contributed by atoms with Crippen molar-refractivity contribution < 1.29 is 27.6 Å². The normalized spacial score (nSPS) is 23.2. The molecule has 4 rings (SSSR count). The number of fused-ring (bicyclic) bond motifs is 2. The molecular formula is C24H29ClO6P2. The highest BCUT2D eigenvalue weighted by molar-refractivity contribution is 7.57. The monoisotopic (exact) mass is 510 g/mol. The number of halogens is 1. The fraction of sp³-hybridized carbons (Fsp3) is 0.417. The zero-order valence-electron chi connectivity index (χ0n) is 19.2. The number of hydrogen-bond acceptors (Lipinski definition) is 5. The largest absolute Gasteiger partial charge is 0.354 e. The van der Waals surface area contributed by atoms with Gasteiger partial charge in [0, 0.05) is 11.2 Å². The van der Waals surface area contributed by atoms with Gasteiger partial charge in [0.05, 0.1) is 24.7 Å². The van der Waals surface area contributed by atoms with Crippen molar-refractivity contribution in [2.75, 3.05) is 19.1 Å². The predicted octanol–water partition coefficient (Wildman–Crippen LogP) is 6.96. The van der Waals surface area contributed by atoms with Crippen LogP contribution < -0.4 is 0 Å². The van der Waals surface area contributed by atoms with Gasteiger partial charge in [-0.15, -0.1) is 11.6 Å². The van der Waals surface area contributed by atoms with Crippen LogP contribution in [0, 0.1) is 5.41 Å². The smallest absolute Gasteiger partial charge is 0.324 e. The van der Waals surface area contributed by atoms with Gasteiger partial charge in [-0.1, -0.05) is 62.4 Å². The van der Waals surface area contributed by atoms with E-state index in [1.54, 1.807) is 31.8 Å². The van der Waals surface area contributed by atoms with E-state index in [1.165, 1.54) is 0 Å². The maximum atomic E-state index is 13.7. The van der Waals surface area contributed by atoms with E-state index in [1.807, 2.05) is 50.2 Å². The number of rotatable bonds is 5. The van der Waals surface area contributed by atoms with Gasteiger partial charge < -0.3 is 18.5 Å². The van der Waals surface area contributed by atoms with Gasteiger partial charge in [-0.3, -0.25) is 9.13 Å². The molecule has 0 aromatic heterocycles. The van der Waals surface area contributed by atoms with Gasteiger partial charge in [0.25, 0.3) is 0 Å². The van der Waals surface area contributed by atoms with Gasteiger partial charge in [0.1, 0.15) is 5.66 Å². The zero-order chi connectivity index (χ0) is 24.1. The van der Waals surface area contributed by atoms with Crippen LogP contribution in [-0.4, -0.2) is 29.6 Å². The lowest BCUT2D eigenvalue weighted by molar-refractivity contribution is 0.0458. The molecule has 6 nitrogen and oxygen atoms in total. The van der Waals surface area contributed by atoms with Crippen molar-refractivity contribution in [2.45, 2.75) is 39.0 Å². The minimum absolute atomic E-state index is 0.0624. The molecule has 1 heterocycles. The Hall–Kier alpha value is -1.23. The molecule has 1 aliphatic heterocycles. The second-order valence-corrected chi connectivity index (χ2v) is 13.9. The van der Waals surface area contributed by atoms with E-state index in [2.05, 4.69) is 0 Å². The molecule has 2 aliphatic rings. The number of alkyl halides is 1. The van der Waals surface area contributed by atoms with Crippen LogP contribution in [0.1, 0.15) is 55.6 Å². The molecule has 2 aromatic carbocycles. The maximum Gasteiger partial charge on any atom is 0.354 e. The lowest BCUT2D eigenvalue weighted by Gasteiger charge is -2.36. The maximum absolute atomic E-state index is 13.7. The Morgan fingerprint density at radius 1 is 1.12 bits per heavy atom. The highest BCUT2D eigenvalue weighted by Crippen LogP contribution is 2.66. The van der Waals surface area contributed by atoms with Crippen LogP contribution in [0.3, 0.4) is 0 Å². The van der Waals surface area contributed by atoms with Gasteiger partial charge in [-0.2, -0.15) is 0 Å². The predicted molar refractivity (Wildman–Crippen MR) is 131 cm³/mol. The molecule has 0 spiro atoms. The van der Waals surface area contributed by atoms with Gasteiger partial charge in [-0.05, 0) is 41.7 Å². The minimum atomic E-state index is -4.22. The summed E-state index contributed by atoms with van der Waals surface area (Å²) in [7, 11) is -7.73. The molecule has 0 radical (unpaired) electrons. The van der Waals surface area contributed by atoms with Crippen LogP contribution >= 0.6 is 26.8 Å². The van der Waals surface area contributed by atoms with E-state index in [-0.39, 0.29) is 11.3 Å². The first-order valence-electron chi connectivity index (χ1n) is 10.8. The summed E-state index contributed by atoms with van der Waals surface area (Å²) < 4.78 is 44.2. The third-order valence-corrected chi connectivity index (χ3v) is 9.84. The summed E-state index contributed by atoms with van der Waals surface area (Å²) in [6.07, 6.45) is 0. The van der Waals surface area contributed by atoms with Crippen molar-refractivity contribution >= 4 is 32.4 Å². The summed E-state index contributed by atoms with van der Waals surface area (Å²) in [5.74, 6) is 1.61. The highest BCUT2D eigenvalue weighted by atomic mass is 35.5. The molecule has 1 atom stereocenters. The molecule has 178 valence electrons. The van der Waals surface area contributed by atoms with E-state index in [0.717, 1.165) is 0 Å². The van der Waals surface area contributed by atoms with Crippen LogP contribution in [0.2, 0.25) is 0 Å². The molecule has 1 unspecified atom stereocenters. The third-order valence-electron chi connectivity index (χ3n) is 5.67. The Morgan fingerprint density at radius 3 is 2.09 bits per heavy atom. The molecule has 2 aromatic rings. The second-order valence-electron chi connectivity index (χ2n) is 9.92. The van der Waals surface area contributed by atoms with Crippen LogP contribution in [-0.2, 0) is 22.7 Å². The summed E-state index contributed by atoms with van der Waals surface area (Å²) in [6, 6.07) is 14.6. The summed E-state index contributed by atoms with van der Waals surface area (Å²) in [4.78, 5) is 11.2. The Balaban J connectivity index is 1.87. The van der Waals surface area contributed by atoms with E-state index in [9.17, 15) is 14.0 Å². The molecule has 1 fully saturated rings.